The number of ether oxygens (including phenoxy) is 1. The van der Waals surface area contributed by atoms with Gasteiger partial charge in [-0.2, -0.15) is 0 Å². The van der Waals surface area contributed by atoms with Crippen molar-refractivity contribution in [3.63, 3.8) is 0 Å². The maximum Gasteiger partial charge on any atom is 0.238 e. The lowest BCUT2D eigenvalue weighted by Crippen LogP contribution is -2.24. The zero-order chi connectivity index (χ0) is 15.4. The Morgan fingerprint density at radius 1 is 1.23 bits per heavy atom. The maximum atomic E-state index is 5.96. The number of fused-ring (bicyclic) bond motifs is 3. The average molecular weight is 317 g/mol. The monoisotopic (exact) mass is 317 g/mol. The van der Waals surface area contributed by atoms with Crippen LogP contribution in [0.25, 0.3) is 15.9 Å². The van der Waals surface area contributed by atoms with Crippen LogP contribution in [-0.4, -0.2) is 40.5 Å². The minimum atomic E-state index is 0.727. The lowest BCUT2D eigenvalue weighted by atomic mass is 10.3. The summed E-state index contributed by atoms with van der Waals surface area (Å²) in [5.41, 5.74) is 2.06. The molecule has 0 radical (unpaired) electrons. The normalized spacial score (nSPS) is 11.8. The van der Waals surface area contributed by atoms with Gasteiger partial charge in [0.2, 0.25) is 5.88 Å². The molecule has 3 heterocycles. The lowest BCUT2D eigenvalue weighted by molar-refractivity contribution is 0.263. The zero-order valence-corrected chi connectivity index (χ0v) is 14.1. The topological polar surface area (TPSA) is 29.8 Å². The number of hydrogen-bond acceptors (Lipinski definition) is 4. The molecule has 3 aromatic heterocycles. The molecule has 0 aliphatic carbocycles. The standard InChI is InChI=1S/C17H23N3OS/c1-3-19(4-2)10-5-6-12-21-16-15-8-7-11-20(15)17-14(18-16)9-13-22-17/h7-9,11,13H,3-6,10,12H2,1-2H3. The first kappa shape index (κ1) is 15.3. The van der Waals surface area contributed by atoms with Gasteiger partial charge in [0.15, 0.2) is 0 Å². The van der Waals surface area contributed by atoms with Gasteiger partial charge in [0.05, 0.1) is 6.61 Å². The van der Waals surface area contributed by atoms with E-state index in [-0.39, 0.29) is 0 Å². The van der Waals surface area contributed by atoms with Gasteiger partial charge < -0.3 is 14.0 Å². The van der Waals surface area contributed by atoms with Crippen LogP contribution in [0, 0.1) is 0 Å². The molecular formula is C17H23N3OS. The highest BCUT2D eigenvalue weighted by Gasteiger charge is 2.09. The summed E-state index contributed by atoms with van der Waals surface area (Å²) >= 11 is 1.71. The number of unbranched alkanes of at least 4 members (excludes halogenated alkanes) is 1. The summed E-state index contributed by atoms with van der Waals surface area (Å²) in [6.45, 7) is 8.54. The van der Waals surface area contributed by atoms with E-state index >= 15 is 0 Å². The van der Waals surface area contributed by atoms with Crippen LogP contribution in [-0.2, 0) is 0 Å². The van der Waals surface area contributed by atoms with Gasteiger partial charge in [0, 0.05) is 6.20 Å². The second kappa shape index (κ2) is 7.11. The smallest absolute Gasteiger partial charge is 0.238 e. The van der Waals surface area contributed by atoms with Crippen molar-refractivity contribution in [2.75, 3.05) is 26.2 Å². The number of hydrogen-bond donors (Lipinski definition) is 0. The van der Waals surface area contributed by atoms with Crippen molar-refractivity contribution >= 4 is 27.2 Å². The van der Waals surface area contributed by atoms with Crippen molar-refractivity contribution in [2.45, 2.75) is 26.7 Å². The summed E-state index contributed by atoms with van der Waals surface area (Å²) in [7, 11) is 0. The molecule has 0 unspecified atom stereocenters. The SMILES string of the molecule is CCN(CC)CCCCOc1nc2ccsc2n2cccc12. The molecule has 0 aliphatic heterocycles. The largest absolute Gasteiger partial charge is 0.476 e. The Balaban J connectivity index is 1.62. The quantitative estimate of drug-likeness (QED) is 0.587. The molecule has 0 atom stereocenters. The third-order valence-electron chi connectivity index (χ3n) is 4.04. The molecule has 0 saturated heterocycles. The van der Waals surface area contributed by atoms with Crippen LogP contribution in [0.1, 0.15) is 26.7 Å². The van der Waals surface area contributed by atoms with Gasteiger partial charge in [-0.3, -0.25) is 0 Å². The first-order chi connectivity index (χ1) is 10.8. The Hall–Kier alpha value is -1.59. The van der Waals surface area contributed by atoms with Crippen LogP contribution in [0.2, 0.25) is 0 Å². The fourth-order valence-electron chi connectivity index (χ4n) is 2.71. The first-order valence-corrected chi connectivity index (χ1v) is 8.91. The summed E-state index contributed by atoms with van der Waals surface area (Å²) in [4.78, 5) is 8.28. The minimum Gasteiger partial charge on any atom is -0.476 e. The van der Waals surface area contributed by atoms with E-state index in [1.165, 1.54) is 11.3 Å². The van der Waals surface area contributed by atoms with Gasteiger partial charge in [-0.15, -0.1) is 11.3 Å². The average Bonchev–Trinajstić information content (AvgIpc) is 3.18. The van der Waals surface area contributed by atoms with Crippen LogP contribution in [0.15, 0.2) is 29.8 Å². The summed E-state index contributed by atoms with van der Waals surface area (Å²) in [5, 5.41) is 2.07. The lowest BCUT2D eigenvalue weighted by Gasteiger charge is -2.17. The predicted octanol–water partition coefficient (Wildman–Crippen LogP) is 4.05. The molecule has 0 amide bonds. The molecule has 5 heteroatoms. The Kier molecular flexibility index (Phi) is 4.95. The Morgan fingerprint density at radius 3 is 2.91 bits per heavy atom. The van der Waals surface area contributed by atoms with E-state index in [0.29, 0.717) is 0 Å². The van der Waals surface area contributed by atoms with Gasteiger partial charge >= 0.3 is 0 Å². The molecule has 3 aromatic rings. The van der Waals surface area contributed by atoms with Crippen molar-refractivity contribution in [3.05, 3.63) is 29.8 Å². The third kappa shape index (κ3) is 3.10. The first-order valence-electron chi connectivity index (χ1n) is 8.03. The second-order valence-electron chi connectivity index (χ2n) is 5.37. The van der Waals surface area contributed by atoms with Crippen molar-refractivity contribution in [1.82, 2.24) is 14.3 Å². The highest BCUT2D eigenvalue weighted by atomic mass is 32.1. The molecule has 0 aliphatic rings. The zero-order valence-electron chi connectivity index (χ0n) is 13.3. The Morgan fingerprint density at radius 2 is 2.09 bits per heavy atom. The van der Waals surface area contributed by atoms with Crippen molar-refractivity contribution in [2.24, 2.45) is 0 Å². The van der Waals surface area contributed by atoms with Gasteiger partial charge in [-0.05, 0) is 56.1 Å². The molecular weight excluding hydrogens is 294 g/mol. The summed E-state index contributed by atoms with van der Waals surface area (Å²) in [6.07, 6.45) is 4.30. The molecule has 0 bridgehead atoms. The van der Waals surface area contributed by atoms with E-state index in [1.54, 1.807) is 11.3 Å². The maximum absolute atomic E-state index is 5.96. The molecule has 22 heavy (non-hydrogen) atoms. The minimum absolute atomic E-state index is 0.727. The van der Waals surface area contributed by atoms with Crippen LogP contribution in [0.3, 0.4) is 0 Å². The van der Waals surface area contributed by atoms with Crippen molar-refractivity contribution in [1.29, 1.82) is 0 Å². The van der Waals surface area contributed by atoms with Crippen molar-refractivity contribution in [3.8, 4) is 5.88 Å². The molecule has 118 valence electrons. The molecule has 4 nitrogen and oxygen atoms in total. The van der Waals surface area contributed by atoms with Crippen LogP contribution >= 0.6 is 11.3 Å². The molecule has 0 fully saturated rings. The van der Waals surface area contributed by atoms with E-state index in [1.807, 2.05) is 12.1 Å². The third-order valence-corrected chi connectivity index (χ3v) is 4.94. The van der Waals surface area contributed by atoms with E-state index in [2.05, 4.69) is 45.8 Å². The summed E-state index contributed by atoms with van der Waals surface area (Å²) in [5.74, 6) is 0.749. The molecule has 3 rings (SSSR count). The van der Waals surface area contributed by atoms with E-state index in [4.69, 9.17) is 4.74 Å². The highest BCUT2D eigenvalue weighted by Crippen LogP contribution is 2.27. The highest BCUT2D eigenvalue weighted by molar-refractivity contribution is 7.16. The van der Waals surface area contributed by atoms with E-state index in [0.717, 1.165) is 49.6 Å². The van der Waals surface area contributed by atoms with Crippen molar-refractivity contribution < 1.29 is 4.74 Å². The van der Waals surface area contributed by atoms with Gasteiger partial charge in [0.1, 0.15) is 15.9 Å². The second-order valence-corrected chi connectivity index (χ2v) is 6.27. The van der Waals surface area contributed by atoms with Gasteiger partial charge in [0.25, 0.3) is 0 Å². The Labute approximate surface area is 135 Å². The molecule has 0 aromatic carbocycles. The fourth-order valence-corrected chi connectivity index (χ4v) is 3.54. The number of nitrogens with zero attached hydrogens (tertiary/aromatic N) is 3. The van der Waals surface area contributed by atoms with Gasteiger partial charge in [-0.1, -0.05) is 13.8 Å². The number of aromatic nitrogens is 2. The molecule has 0 saturated carbocycles. The van der Waals surface area contributed by atoms with Crippen LogP contribution in [0.4, 0.5) is 0 Å². The fraction of sp³-hybridized carbons (Fsp3) is 0.471. The van der Waals surface area contributed by atoms with Crippen LogP contribution in [0.5, 0.6) is 5.88 Å². The summed E-state index contributed by atoms with van der Waals surface area (Å²) in [6, 6.07) is 6.16. The van der Waals surface area contributed by atoms with E-state index < -0.39 is 0 Å². The molecule has 0 spiro atoms. The summed E-state index contributed by atoms with van der Waals surface area (Å²) < 4.78 is 8.12. The number of thiophene rings is 1. The van der Waals surface area contributed by atoms with Gasteiger partial charge in [-0.25, -0.2) is 4.98 Å². The predicted molar refractivity (Wildman–Crippen MR) is 93.1 cm³/mol. The van der Waals surface area contributed by atoms with E-state index in [9.17, 15) is 0 Å². The molecule has 0 N–H and O–H groups in total. The Bertz CT molecular complexity index is 730. The van der Waals surface area contributed by atoms with Crippen LogP contribution < -0.4 is 4.74 Å². The number of rotatable bonds is 8.